The van der Waals surface area contributed by atoms with Gasteiger partial charge in [-0.3, -0.25) is 9.67 Å². The Bertz CT molecular complexity index is 1090. The summed E-state index contributed by atoms with van der Waals surface area (Å²) in [6, 6.07) is 5.21. The molecule has 0 aliphatic carbocycles. The van der Waals surface area contributed by atoms with E-state index in [1.165, 1.54) is 0 Å². The molecule has 32 heavy (non-hydrogen) atoms. The summed E-state index contributed by atoms with van der Waals surface area (Å²) in [6.07, 6.45) is 8.27. The second-order valence-electron chi connectivity index (χ2n) is 8.61. The van der Waals surface area contributed by atoms with Crippen LogP contribution >= 0.6 is 0 Å². The van der Waals surface area contributed by atoms with E-state index < -0.39 is 6.17 Å². The number of aliphatic hydroxyl groups excluding tert-OH is 1. The molecule has 4 atom stereocenters. The van der Waals surface area contributed by atoms with Crippen LogP contribution in [0.2, 0.25) is 0 Å². The molecule has 1 aromatic carbocycles. The van der Waals surface area contributed by atoms with Crippen LogP contribution in [0.4, 0.5) is 10.2 Å². The number of nitrogens with one attached hydrogen (secondary N) is 1. The largest absolute Gasteiger partial charge is 0.507 e. The number of aliphatic hydroxyl groups is 1. The number of aryl methyl sites for hydroxylation is 1. The van der Waals surface area contributed by atoms with Gasteiger partial charge in [0.2, 0.25) is 0 Å². The minimum absolute atomic E-state index is 0.0913. The molecule has 4 heterocycles. The number of phenolic OH excluding ortho intramolecular Hbond substituents is 1. The number of fused-ring (bicyclic) bond motifs is 2. The van der Waals surface area contributed by atoms with Gasteiger partial charge in [-0.1, -0.05) is 6.07 Å². The minimum atomic E-state index is -1.02. The first kappa shape index (κ1) is 20.8. The van der Waals surface area contributed by atoms with Gasteiger partial charge in [0.25, 0.3) is 0 Å². The van der Waals surface area contributed by atoms with Crippen LogP contribution in [0.15, 0.2) is 43.0 Å². The topological polar surface area (TPSA) is 99.3 Å². The lowest BCUT2D eigenvalue weighted by atomic mass is 9.96. The van der Waals surface area contributed by atoms with Crippen molar-refractivity contribution in [2.75, 3.05) is 18.1 Å². The van der Waals surface area contributed by atoms with E-state index in [0.29, 0.717) is 36.1 Å². The molecule has 5 rings (SSSR count). The maximum absolute atomic E-state index is 15.1. The fourth-order valence-corrected chi connectivity index (χ4v) is 4.94. The maximum Gasteiger partial charge on any atom is 0.147 e. The number of nitrogens with zero attached hydrogens (tertiary/aromatic N) is 5. The van der Waals surface area contributed by atoms with Gasteiger partial charge in [-0.25, -0.2) is 9.37 Å². The summed E-state index contributed by atoms with van der Waals surface area (Å²) in [5.41, 5.74) is 2.85. The summed E-state index contributed by atoms with van der Waals surface area (Å²) >= 11 is 0. The highest BCUT2D eigenvalue weighted by atomic mass is 19.1. The molecule has 2 aromatic heterocycles. The van der Waals surface area contributed by atoms with Crippen LogP contribution in [0.3, 0.4) is 0 Å². The molecule has 2 fully saturated rings. The van der Waals surface area contributed by atoms with Crippen molar-refractivity contribution in [3.05, 3.63) is 43.0 Å². The molecule has 8 nitrogen and oxygen atoms in total. The number of piperidine rings is 1. The monoisotopic (exact) mass is 438 g/mol. The predicted molar refractivity (Wildman–Crippen MR) is 119 cm³/mol. The highest BCUT2D eigenvalue weighted by Gasteiger charge is 2.44. The van der Waals surface area contributed by atoms with Crippen molar-refractivity contribution in [1.29, 1.82) is 0 Å². The summed E-state index contributed by atoms with van der Waals surface area (Å²) in [7, 11) is 1.84. The average molecular weight is 439 g/mol. The van der Waals surface area contributed by atoms with E-state index in [2.05, 4.69) is 20.4 Å². The van der Waals surface area contributed by atoms with E-state index in [1.54, 1.807) is 35.4 Å². The van der Waals surface area contributed by atoms with Gasteiger partial charge >= 0.3 is 0 Å². The normalized spacial score (nSPS) is 24.6. The second kappa shape index (κ2) is 8.48. The summed E-state index contributed by atoms with van der Waals surface area (Å²) < 4.78 is 16.8. The molecule has 2 aliphatic heterocycles. The van der Waals surface area contributed by atoms with Crippen LogP contribution in [0.25, 0.3) is 22.4 Å². The van der Waals surface area contributed by atoms with Crippen LogP contribution in [0.5, 0.6) is 5.75 Å². The van der Waals surface area contributed by atoms with E-state index in [9.17, 15) is 10.2 Å². The first-order valence-electron chi connectivity index (χ1n) is 11.0. The Kier molecular flexibility index (Phi) is 5.52. The number of hydrogen-bond acceptors (Lipinski definition) is 7. The van der Waals surface area contributed by atoms with E-state index in [-0.39, 0.29) is 24.4 Å². The third kappa shape index (κ3) is 3.82. The summed E-state index contributed by atoms with van der Waals surface area (Å²) in [5.74, 6) is 0.627. The Morgan fingerprint density at radius 3 is 2.75 bits per heavy atom. The number of anilines is 1. The predicted octanol–water partition coefficient (Wildman–Crippen LogP) is 2.28. The van der Waals surface area contributed by atoms with Crippen LogP contribution in [-0.4, -0.2) is 67.4 Å². The van der Waals surface area contributed by atoms with Gasteiger partial charge in [-0.15, -0.1) is 0 Å². The van der Waals surface area contributed by atoms with Gasteiger partial charge in [-0.2, -0.15) is 5.10 Å². The maximum atomic E-state index is 15.1. The highest BCUT2D eigenvalue weighted by Crippen LogP contribution is 2.35. The SMILES string of the molecule is Cn1cc(-c2ccc(-c3cnc(N(CCO)[C@@H]4CC5CCC(N5)[C@@H]4F)cn3)c(O)c2)cn1. The van der Waals surface area contributed by atoms with Crippen molar-refractivity contribution in [3.63, 3.8) is 0 Å². The second-order valence-corrected chi connectivity index (χ2v) is 8.61. The number of rotatable bonds is 6. The summed E-state index contributed by atoms with van der Waals surface area (Å²) in [5, 5.41) is 27.7. The molecule has 2 unspecified atom stereocenters. The zero-order chi connectivity index (χ0) is 22.2. The quantitative estimate of drug-likeness (QED) is 0.543. The van der Waals surface area contributed by atoms with E-state index in [0.717, 1.165) is 24.0 Å². The molecule has 2 bridgehead atoms. The molecule has 3 N–H and O–H groups in total. The van der Waals surface area contributed by atoms with Crippen molar-refractivity contribution in [2.24, 2.45) is 7.05 Å². The van der Waals surface area contributed by atoms with Crippen LogP contribution < -0.4 is 10.2 Å². The lowest BCUT2D eigenvalue weighted by molar-refractivity contribution is 0.167. The number of aromatic nitrogens is 4. The zero-order valence-corrected chi connectivity index (χ0v) is 17.9. The number of aromatic hydroxyl groups is 1. The number of hydrogen-bond donors (Lipinski definition) is 3. The standard InChI is InChI=1S/C23H27FN6O2/c1-29-13-15(10-27-29)14-2-4-17(21(32)8-14)19-11-26-22(12-25-19)30(6-7-31)20-9-16-3-5-18(28-16)23(20)24/h2,4,8,10-13,16,18,20,23,28,31-32H,3,5-7,9H2,1H3/t16?,18?,20-,23+/m1/s1. The van der Waals surface area contributed by atoms with Gasteiger partial charge in [0.1, 0.15) is 17.7 Å². The Labute approximate surface area is 185 Å². The Hall–Kier alpha value is -3.04. The van der Waals surface area contributed by atoms with Gasteiger partial charge in [0.05, 0.1) is 36.9 Å². The molecule has 0 radical (unpaired) electrons. The Morgan fingerprint density at radius 2 is 2.06 bits per heavy atom. The lowest BCUT2D eigenvalue weighted by Gasteiger charge is -2.40. The molecule has 3 aromatic rings. The van der Waals surface area contributed by atoms with E-state index in [4.69, 9.17) is 0 Å². The third-order valence-corrected chi connectivity index (χ3v) is 6.54. The number of halogens is 1. The van der Waals surface area contributed by atoms with Gasteiger partial charge < -0.3 is 20.4 Å². The van der Waals surface area contributed by atoms with Gasteiger partial charge in [0, 0.05) is 43.0 Å². The average Bonchev–Trinajstić information content (AvgIpc) is 3.42. The molecule has 168 valence electrons. The molecule has 9 heteroatoms. The Morgan fingerprint density at radius 1 is 1.19 bits per heavy atom. The minimum Gasteiger partial charge on any atom is -0.507 e. The zero-order valence-electron chi connectivity index (χ0n) is 17.9. The first-order chi connectivity index (χ1) is 15.5. The van der Waals surface area contributed by atoms with Crippen molar-refractivity contribution in [2.45, 2.75) is 43.6 Å². The van der Waals surface area contributed by atoms with Crippen LogP contribution in [-0.2, 0) is 7.05 Å². The van der Waals surface area contributed by atoms with Crippen molar-refractivity contribution >= 4 is 5.82 Å². The third-order valence-electron chi connectivity index (χ3n) is 6.54. The smallest absolute Gasteiger partial charge is 0.147 e. The fourth-order valence-electron chi connectivity index (χ4n) is 4.94. The van der Waals surface area contributed by atoms with Crippen LogP contribution in [0.1, 0.15) is 19.3 Å². The van der Waals surface area contributed by atoms with E-state index >= 15 is 4.39 Å². The number of alkyl halides is 1. The molecule has 0 spiro atoms. The van der Waals surface area contributed by atoms with Crippen LogP contribution in [0, 0.1) is 0 Å². The fraction of sp³-hybridized carbons (Fsp3) is 0.435. The van der Waals surface area contributed by atoms with Gasteiger partial charge in [-0.05, 0) is 37.0 Å². The Balaban J connectivity index is 1.39. The molecular weight excluding hydrogens is 411 g/mol. The highest BCUT2D eigenvalue weighted by molar-refractivity contribution is 5.73. The molecule has 2 saturated heterocycles. The molecular formula is C23H27FN6O2. The number of benzene rings is 1. The van der Waals surface area contributed by atoms with Crippen molar-refractivity contribution < 1.29 is 14.6 Å². The number of phenols is 1. The summed E-state index contributed by atoms with van der Waals surface area (Å²) in [4.78, 5) is 10.8. The van der Waals surface area contributed by atoms with Gasteiger partial charge in [0.15, 0.2) is 0 Å². The molecule has 0 amide bonds. The van der Waals surface area contributed by atoms with Crippen molar-refractivity contribution in [1.82, 2.24) is 25.1 Å². The first-order valence-corrected chi connectivity index (χ1v) is 11.0. The lowest BCUT2D eigenvalue weighted by Crippen LogP contribution is -2.57. The summed E-state index contributed by atoms with van der Waals surface area (Å²) in [6.45, 7) is 0.204. The molecule has 2 aliphatic rings. The molecule has 0 saturated carbocycles. The van der Waals surface area contributed by atoms with Crippen molar-refractivity contribution in [3.8, 4) is 28.1 Å². The van der Waals surface area contributed by atoms with E-state index in [1.807, 2.05) is 24.2 Å².